The normalized spacial score (nSPS) is 14.6. The van der Waals surface area contributed by atoms with Crippen molar-refractivity contribution in [3.05, 3.63) is 211 Å². The zero-order chi connectivity index (χ0) is 40.2. The Kier molecular flexibility index (Phi) is 9.00. The first-order chi connectivity index (χ1) is 29.5. The fraction of sp³-hybridized carbons (Fsp3) is 0.153. The monoisotopic (exact) mass is 771 g/mol. The van der Waals surface area contributed by atoms with Gasteiger partial charge in [0.15, 0.2) is 0 Å². The van der Waals surface area contributed by atoms with Crippen molar-refractivity contribution in [3.8, 4) is 44.5 Å². The Morgan fingerprint density at radius 3 is 1.80 bits per heavy atom. The first-order valence-corrected chi connectivity index (χ1v) is 21.9. The predicted molar refractivity (Wildman–Crippen MR) is 256 cm³/mol. The van der Waals surface area contributed by atoms with Gasteiger partial charge in [-0.15, -0.1) is 0 Å². The van der Waals surface area contributed by atoms with E-state index in [1.165, 1.54) is 126 Å². The van der Waals surface area contributed by atoms with Gasteiger partial charge in [0, 0.05) is 22.5 Å². The Labute approximate surface area is 354 Å². The Bertz CT molecular complexity index is 3030. The second-order valence-electron chi connectivity index (χ2n) is 17.5. The maximum absolute atomic E-state index is 2.47. The molecule has 60 heavy (non-hydrogen) atoms. The molecular weight excluding hydrogens is 723 g/mol. The van der Waals surface area contributed by atoms with Crippen molar-refractivity contribution in [2.45, 2.75) is 57.3 Å². The van der Waals surface area contributed by atoms with Crippen LogP contribution < -0.4 is 4.90 Å². The Hall–Kier alpha value is -6.70. The van der Waals surface area contributed by atoms with E-state index in [0.29, 0.717) is 5.92 Å². The van der Waals surface area contributed by atoms with E-state index in [1.54, 1.807) is 0 Å². The van der Waals surface area contributed by atoms with Crippen molar-refractivity contribution >= 4 is 38.6 Å². The Morgan fingerprint density at radius 1 is 0.400 bits per heavy atom. The minimum Gasteiger partial charge on any atom is -0.310 e. The van der Waals surface area contributed by atoms with Gasteiger partial charge >= 0.3 is 0 Å². The van der Waals surface area contributed by atoms with Crippen molar-refractivity contribution in [3.63, 3.8) is 0 Å². The molecule has 0 spiro atoms. The molecule has 1 heteroatoms. The van der Waals surface area contributed by atoms with Gasteiger partial charge in [-0.05, 0) is 144 Å². The molecule has 0 atom stereocenters. The minimum atomic E-state index is -0.0905. The van der Waals surface area contributed by atoms with E-state index < -0.39 is 0 Å². The molecule has 11 rings (SSSR count). The van der Waals surface area contributed by atoms with E-state index in [9.17, 15) is 0 Å². The molecule has 0 heterocycles. The van der Waals surface area contributed by atoms with Crippen LogP contribution in [0.2, 0.25) is 0 Å². The van der Waals surface area contributed by atoms with Crippen molar-refractivity contribution in [2.75, 3.05) is 4.90 Å². The lowest BCUT2D eigenvalue weighted by molar-refractivity contribution is 0.443. The number of hydrogen-bond acceptors (Lipinski definition) is 1. The molecule has 0 amide bonds. The second-order valence-corrected chi connectivity index (χ2v) is 17.5. The Morgan fingerprint density at radius 2 is 0.983 bits per heavy atom. The first-order valence-electron chi connectivity index (χ1n) is 21.9. The highest BCUT2D eigenvalue weighted by atomic mass is 15.1. The van der Waals surface area contributed by atoms with Crippen LogP contribution >= 0.6 is 0 Å². The molecular formula is C59H49N. The summed E-state index contributed by atoms with van der Waals surface area (Å²) in [6.07, 6.45) is 6.64. The standard InChI is InChI=1S/C59H49N/c1-59(2)56-25-11-10-21-53(56)54-37-36-49(39-57(54)59)60(47-32-28-42(29-33-47)40-14-4-3-5-15-40)48-34-30-44(31-35-48)58-51(46-27-26-41-16-6-7-18-45(41)38-46)22-13-24-55(58)52-23-12-19-43-17-8-9-20-50(43)52/h6-13,16-40H,3-5,14-15H2,1-2H3. The van der Waals surface area contributed by atoms with Crippen molar-refractivity contribution < 1.29 is 0 Å². The first kappa shape index (κ1) is 36.4. The summed E-state index contributed by atoms with van der Waals surface area (Å²) >= 11 is 0. The van der Waals surface area contributed by atoms with E-state index in [1.807, 2.05) is 0 Å². The summed E-state index contributed by atoms with van der Waals surface area (Å²) in [7, 11) is 0. The van der Waals surface area contributed by atoms with Gasteiger partial charge in [-0.3, -0.25) is 0 Å². The highest BCUT2D eigenvalue weighted by Gasteiger charge is 2.35. The fourth-order valence-corrected chi connectivity index (χ4v) is 10.5. The molecule has 2 aliphatic carbocycles. The van der Waals surface area contributed by atoms with Crippen molar-refractivity contribution in [2.24, 2.45) is 0 Å². The van der Waals surface area contributed by atoms with E-state index in [2.05, 4.69) is 213 Å². The average molecular weight is 772 g/mol. The number of rotatable bonds is 7. The second kappa shape index (κ2) is 14.8. The van der Waals surface area contributed by atoms with Crippen LogP contribution in [0.15, 0.2) is 194 Å². The number of benzene rings is 9. The summed E-state index contributed by atoms with van der Waals surface area (Å²) in [5, 5.41) is 5.01. The number of nitrogens with zero attached hydrogens (tertiary/aromatic N) is 1. The van der Waals surface area contributed by atoms with Crippen molar-refractivity contribution in [1.29, 1.82) is 0 Å². The summed E-state index contributed by atoms with van der Waals surface area (Å²) in [5.74, 6) is 0.665. The zero-order valence-electron chi connectivity index (χ0n) is 34.5. The van der Waals surface area contributed by atoms with Gasteiger partial charge in [0.2, 0.25) is 0 Å². The third-order valence-corrected chi connectivity index (χ3v) is 13.7. The third-order valence-electron chi connectivity index (χ3n) is 13.7. The maximum Gasteiger partial charge on any atom is 0.0465 e. The minimum absolute atomic E-state index is 0.0905. The van der Waals surface area contributed by atoms with Crippen molar-refractivity contribution in [1.82, 2.24) is 0 Å². The molecule has 0 aromatic heterocycles. The van der Waals surface area contributed by atoms with E-state index in [-0.39, 0.29) is 5.41 Å². The molecule has 9 aromatic rings. The van der Waals surface area contributed by atoms with Gasteiger partial charge < -0.3 is 4.90 Å². The summed E-state index contributed by atoms with van der Waals surface area (Å²) in [6.45, 7) is 4.75. The molecule has 9 aromatic carbocycles. The highest BCUT2D eigenvalue weighted by molar-refractivity contribution is 6.04. The van der Waals surface area contributed by atoms with Crippen LogP contribution in [-0.2, 0) is 5.41 Å². The van der Waals surface area contributed by atoms with Crippen LogP contribution in [-0.4, -0.2) is 0 Å². The van der Waals surface area contributed by atoms with Crippen LogP contribution in [0.4, 0.5) is 17.1 Å². The lowest BCUT2D eigenvalue weighted by Gasteiger charge is -2.29. The van der Waals surface area contributed by atoms with E-state index in [0.717, 1.165) is 5.69 Å². The fourth-order valence-electron chi connectivity index (χ4n) is 10.5. The van der Waals surface area contributed by atoms with Gasteiger partial charge in [0.25, 0.3) is 0 Å². The molecule has 0 saturated heterocycles. The number of fused-ring (bicyclic) bond motifs is 5. The van der Waals surface area contributed by atoms with Gasteiger partial charge in [-0.25, -0.2) is 0 Å². The van der Waals surface area contributed by atoms with Gasteiger partial charge in [-0.2, -0.15) is 0 Å². The highest BCUT2D eigenvalue weighted by Crippen LogP contribution is 2.51. The van der Waals surface area contributed by atoms with Crippen LogP contribution in [0.5, 0.6) is 0 Å². The zero-order valence-corrected chi connectivity index (χ0v) is 34.5. The summed E-state index contributed by atoms with van der Waals surface area (Å²) in [6, 6.07) is 72.8. The predicted octanol–water partition coefficient (Wildman–Crippen LogP) is 16.8. The molecule has 2 aliphatic rings. The number of hydrogen-bond donors (Lipinski definition) is 0. The largest absolute Gasteiger partial charge is 0.310 e. The molecule has 290 valence electrons. The molecule has 1 saturated carbocycles. The third kappa shape index (κ3) is 6.23. The lowest BCUT2D eigenvalue weighted by Crippen LogP contribution is -2.16. The van der Waals surface area contributed by atoms with Crippen LogP contribution in [0.3, 0.4) is 0 Å². The van der Waals surface area contributed by atoms with Crippen LogP contribution in [0.1, 0.15) is 68.6 Å². The van der Waals surface area contributed by atoms with E-state index in [4.69, 9.17) is 0 Å². The van der Waals surface area contributed by atoms with Gasteiger partial charge in [-0.1, -0.05) is 185 Å². The molecule has 0 aliphatic heterocycles. The summed E-state index contributed by atoms with van der Waals surface area (Å²) in [4.78, 5) is 2.47. The summed E-state index contributed by atoms with van der Waals surface area (Å²) in [5.41, 5.74) is 17.7. The molecule has 0 unspecified atom stereocenters. The average Bonchev–Trinajstić information content (AvgIpc) is 3.54. The van der Waals surface area contributed by atoms with Gasteiger partial charge in [0.1, 0.15) is 0 Å². The van der Waals surface area contributed by atoms with Crippen LogP contribution in [0, 0.1) is 0 Å². The molecule has 0 bridgehead atoms. The topological polar surface area (TPSA) is 3.24 Å². The SMILES string of the molecule is CC1(C)c2ccccc2-c2ccc(N(c3ccc(-c4c(-c5ccc6ccccc6c5)cccc4-c4cccc5ccccc45)cc3)c3ccc(C4CCCCC4)cc3)cc21. The molecule has 0 N–H and O–H groups in total. The molecule has 1 fully saturated rings. The molecule has 0 radical (unpaired) electrons. The number of anilines is 3. The van der Waals surface area contributed by atoms with E-state index >= 15 is 0 Å². The summed E-state index contributed by atoms with van der Waals surface area (Å²) < 4.78 is 0. The smallest absolute Gasteiger partial charge is 0.0465 e. The quantitative estimate of drug-likeness (QED) is 0.156. The Balaban J connectivity index is 1.07. The maximum atomic E-state index is 2.47. The van der Waals surface area contributed by atoms with Gasteiger partial charge in [0.05, 0.1) is 0 Å². The lowest BCUT2D eigenvalue weighted by atomic mass is 9.82. The molecule has 1 nitrogen and oxygen atoms in total. The van der Waals surface area contributed by atoms with Crippen LogP contribution in [0.25, 0.3) is 66.1 Å².